The molecule has 1 atom stereocenters. The number of hydrogen-bond donors (Lipinski definition) is 2. The van der Waals surface area contributed by atoms with Crippen LogP contribution in [0.1, 0.15) is 34.0 Å². The van der Waals surface area contributed by atoms with Crippen LogP contribution in [0.15, 0.2) is 60.7 Å². The fourth-order valence-corrected chi connectivity index (χ4v) is 4.66. The van der Waals surface area contributed by atoms with Crippen molar-refractivity contribution in [1.82, 2.24) is 9.88 Å². The molecule has 1 aliphatic rings. The first-order valence-corrected chi connectivity index (χ1v) is 11.0. The molecular weight excluding hydrogens is 417 g/mol. The lowest BCUT2D eigenvalue weighted by molar-refractivity contribution is 0.193. The number of methoxy groups -OCH3 is 1. The summed E-state index contributed by atoms with van der Waals surface area (Å²) < 4.78 is 19.1. The van der Waals surface area contributed by atoms with Crippen LogP contribution in [-0.2, 0) is 6.42 Å². The number of amides is 2. The van der Waals surface area contributed by atoms with Gasteiger partial charge in [-0.3, -0.25) is 0 Å². The van der Waals surface area contributed by atoms with Gasteiger partial charge in [-0.25, -0.2) is 9.18 Å². The van der Waals surface area contributed by atoms with E-state index in [2.05, 4.69) is 10.3 Å². The zero-order valence-electron chi connectivity index (χ0n) is 18.9. The molecule has 0 unspecified atom stereocenters. The van der Waals surface area contributed by atoms with Crippen LogP contribution in [0, 0.1) is 19.7 Å². The Hall–Kier alpha value is -3.80. The minimum atomic E-state index is -0.363. The van der Waals surface area contributed by atoms with Gasteiger partial charge in [-0.15, -0.1) is 0 Å². The van der Waals surface area contributed by atoms with Crippen molar-refractivity contribution >= 4 is 22.6 Å². The number of hydrogen-bond acceptors (Lipinski definition) is 2. The number of aromatic amines is 1. The molecule has 0 spiro atoms. The van der Waals surface area contributed by atoms with Gasteiger partial charge in [0.25, 0.3) is 0 Å². The molecule has 0 fully saturated rings. The largest absolute Gasteiger partial charge is 0.497 e. The average molecular weight is 444 g/mol. The van der Waals surface area contributed by atoms with Gasteiger partial charge in [0.1, 0.15) is 11.6 Å². The molecule has 0 saturated heterocycles. The second kappa shape index (κ2) is 8.28. The molecule has 1 aliphatic heterocycles. The van der Waals surface area contributed by atoms with Gasteiger partial charge in [-0.1, -0.05) is 24.3 Å². The molecule has 0 saturated carbocycles. The number of carbonyl (C=O) groups excluding carboxylic acids is 1. The topological polar surface area (TPSA) is 57.4 Å². The van der Waals surface area contributed by atoms with E-state index in [1.807, 2.05) is 55.1 Å². The standard InChI is InChI=1S/C27H26FN3O2/c1-16-4-5-17(2)24(14-16)30-27(32)31-13-12-21-22-15-20(33-3)10-11-23(22)29-25(21)26(31)18-6-8-19(28)9-7-18/h4-11,14-15,26,29H,12-13H2,1-3H3,(H,30,32)/t26-/m1/s1. The number of H-pyrrole nitrogens is 1. The Bertz CT molecular complexity index is 1340. The molecule has 33 heavy (non-hydrogen) atoms. The average Bonchev–Trinajstić information content (AvgIpc) is 3.19. The highest BCUT2D eigenvalue weighted by atomic mass is 19.1. The summed E-state index contributed by atoms with van der Waals surface area (Å²) in [5, 5.41) is 4.18. The van der Waals surface area contributed by atoms with Crippen LogP contribution in [-0.4, -0.2) is 29.6 Å². The Balaban J connectivity index is 1.59. The predicted octanol–water partition coefficient (Wildman–Crippen LogP) is 6.11. The molecule has 5 nitrogen and oxygen atoms in total. The fraction of sp³-hybridized carbons (Fsp3) is 0.222. The van der Waals surface area contributed by atoms with Crippen molar-refractivity contribution in [3.05, 3.63) is 94.4 Å². The van der Waals surface area contributed by atoms with E-state index in [9.17, 15) is 9.18 Å². The highest BCUT2D eigenvalue weighted by Crippen LogP contribution is 2.39. The van der Waals surface area contributed by atoms with Gasteiger partial charge < -0.3 is 19.9 Å². The van der Waals surface area contributed by atoms with E-state index in [1.165, 1.54) is 12.1 Å². The summed E-state index contributed by atoms with van der Waals surface area (Å²) in [6.07, 6.45) is 0.709. The Labute approximate surface area is 192 Å². The van der Waals surface area contributed by atoms with Crippen molar-refractivity contribution in [2.75, 3.05) is 19.0 Å². The summed E-state index contributed by atoms with van der Waals surface area (Å²) in [5.74, 6) is 0.486. The summed E-state index contributed by atoms with van der Waals surface area (Å²) >= 11 is 0. The first kappa shape index (κ1) is 21.1. The molecule has 0 aliphatic carbocycles. The maximum absolute atomic E-state index is 13.7. The lowest BCUT2D eigenvalue weighted by Gasteiger charge is -2.36. The monoisotopic (exact) mass is 443 g/mol. The van der Waals surface area contributed by atoms with Crippen molar-refractivity contribution in [3.8, 4) is 5.75 Å². The van der Waals surface area contributed by atoms with Crippen LogP contribution >= 0.6 is 0 Å². The van der Waals surface area contributed by atoms with Crippen molar-refractivity contribution in [3.63, 3.8) is 0 Å². The minimum absolute atomic E-state index is 0.181. The van der Waals surface area contributed by atoms with Crippen molar-refractivity contribution < 1.29 is 13.9 Å². The van der Waals surface area contributed by atoms with Crippen LogP contribution < -0.4 is 10.1 Å². The summed E-state index contributed by atoms with van der Waals surface area (Å²) in [4.78, 5) is 18.9. The molecule has 0 radical (unpaired) electrons. The third-order valence-corrected chi connectivity index (χ3v) is 6.42. The molecule has 0 bridgehead atoms. The first-order valence-electron chi connectivity index (χ1n) is 11.0. The second-order valence-corrected chi connectivity index (χ2v) is 8.57. The molecule has 4 aromatic rings. The normalized spacial score (nSPS) is 15.4. The number of nitrogens with one attached hydrogen (secondary N) is 2. The third-order valence-electron chi connectivity index (χ3n) is 6.42. The van der Waals surface area contributed by atoms with E-state index in [0.29, 0.717) is 13.0 Å². The number of carbonyl (C=O) groups is 1. The van der Waals surface area contributed by atoms with E-state index >= 15 is 0 Å². The van der Waals surface area contributed by atoms with E-state index in [4.69, 9.17) is 4.74 Å². The molecule has 5 rings (SSSR count). The van der Waals surface area contributed by atoms with Crippen LogP contribution in [0.3, 0.4) is 0 Å². The molecular formula is C27H26FN3O2. The quantitative estimate of drug-likeness (QED) is 0.401. The molecule has 3 aromatic carbocycles. The Morgan fingerprint density at radius 1 is 1.09 bits per heavy atom. The van der Waals surface area contributed by atoms with Gasteiger partial charge >= 0.3 is 6.03 Å². The second-order valence-electron chi connectivity index (χ2n) is 8.57. The van der Waals surface area contributed by atoms with Gasteiger partial charge in [0.15, 0.2) is 0 Å². The van der Waals surface area contributed by atoms with Gasteiger partial charge in [-0.05, 0) is 78.9 Å². The zero-order chi connectivity index (χ0) is 23.1. The maximum Gasteiger partial charge on any atom is 0.322 e. The molecule has 168 valence electrons. The highest BCUT2D eigenvalue weighted by Gasteiger charge is 2.35. The third kappa shape index (κ3) is 3.82. The number of fused-ring (bicyclic) bond motifs is 3. The number of nitrogens with zero attached hydrogens (tertiary/aromatic N) is 1. The predicted molar refractivity (Wildman–Crippen MR) is 128 cm³/mol. The number of aromatic nitrogens is 1. The number of ether oxygens (including phenoxy) is 1. The summed E-state index contributed by atoms with van der Waals surface area (Å²) in [6, 6.07) is 17.8. The molecule has 6 heteroatoms. The van der Waals surface area contributed by atoms with Crippen LogP contribution in [0.2, 0.25) is 0 Å². The number of aryl methyl sites for hydroxylation is 2. The van der Waals surface area contributed by atoms with Crippen molar-refractivity contribution in [2.24, 2.45) is 0 Å². The number of urea groups is 1. The lowest BCUT2D eigenvalue weighted by Crippen LogP contribution is -2.43. The number of halogens is 1. The molecule has 1 aromatic heterocycles. The van der Waals surface area contributed by atoms with E-state index in [0.717, 1.165) is 50.3 Å². The lowest BCUT2D eigenvalue weighted by atomic mass is 9.92. The van der Waals surface area contributed by atoms with Crippen LogP contribution in [0.5, 0.6) is 5.75 Å². The maximum atomic E-state index is 13.7. The van der Waals surface area contributed by atoms with Crippen LogP contribution in [0.4, 0.5) is 14.9 Å². The number of benzene rings is 3. The smallest absolute Gasteiger partial charge is 0.322 e. The van der Waals surface area contributed by atoms with E-state index in [-0.39, 0.29) is 17.9 Å². The Morgan fingerprint density at radius 2 is 1.88 bits per heavy atom. The van der Waals surface area contributed by atoms with Gasteiger partial charge in [0.05, 0.1) is 13.2 Å². The van der Waals surface area contributed by atoms with Crippen LogP contribution in [0.25, 0.3) is 10.9 Å². The zero-order valence-corrected chi connectivity index (χ0v) is 18.9. The summed E-state index contributed by atoms with van der Waals surface area (Å²) in [7, 11) is 1.65. The van der Waals surface area contributed by atoms with Crippen molar-refractivity contribution in [2.45, 2.75) is 26.3 Å². The SMILES string of the molecule is COc1ccc2[nH]c3c(c2c1)CCN(C(=O)Nc1cc(C)ccc1C)[C@@H]3c1ccc(F)cc1. The van der Waals surface area contributed by atoms with Gasteiger partial charge in [0, 0.05) is 28.8 Å². The highest BCUT2D eigenvalue weighted by molar-refractivity contribution is 5.92. The van der Waals surface area contributed by atoms with E-state index in [1.54, 1.807) is 19.2 Å². The first-order chi connectivity index (χ1) is 15.9. The van der Waals surface area contributed by atoms with Gasteiger partial charge in [0.2, 0.25) is 0 Å². The van der Waals surface area contributed by atoms with Crippen molar-refractivity contribution in [1.29, 1.82) is 0 Å². The Kier molecular flexibility index (Phi) is 5.29. The summed E-state index contributed by atoms with van der Waals surface area (Å²) in [6.45, 7) is 4.52. The number of rotatable bonds is 3. The minimum Gasteiger partial charge on any atom is -0.497 e. The molecule has 2 amide bonds. The molecule has 2 N–H and O–H groups in total. The van der Waals surface area contributed by atoms with E-state index < -0.39 is 0 Å². The summed E-state index contributed by atoms with van der Waals surface area (Å²) in [5.41, 5.74) is 6.84. The molecule has 2 heterocycles. The Morgan fingerprint density at radius 3 is 2.64 bits per heavy atom. The van der Waals surface area contributed by atoms with Gasteiger partial charge in [-0.2, -0.15) is 0 Å². The number of anilines is 1. The fourth-order valence-electron chi connectivity index (χ4n) is 4.66.